The fourth-order valence-corrected chi connectivity index (χ4v) is 0.534. The zero-order valence-corrected chi connectivity index (χ0v) is 10.0. The molecule has 0 aliphatic heterocycles. The van der Waals surface area contributed by atoms with Gasteiger partial charge in [0.1, 0.15) is 0 Å². The van der Waals surface area contributed by atoms with Gasteiger partial charge >= 0.3 is 0 Å². The topological polar surface area (TPSA) is 164 Å². The van der Waals surface area contributed by atoms with Crippen molar-refractivity contribution in [2.24, 2.45) is 0 Å². The summed E-state index contributed by atoms with van der Waals surface area (Å²) in [5.41, 5.74) is 1.32. The van der Waals surface area contributed by atoms with Gasteiger partial charge in [-0.2, -0.15) is 0 Å². The number of aryl methyl sites for hydroxylation is 1. The summed E-state index contributed by atoms with van der Waals surface area (Å²) in [5.74, 6) is 0. The van der Waals surface area contributed by atoms with Crippen LogP contribution in [0.3, 0.4) is 0 Å². The number of benzene rings is 1. The highest BCUT2D eigenvalue weighted by atomic mass is 16.1. The number of rotatable bonds is 0. The van der Waals surface area contributed by atoms with Crippen LogP contribution in [0.1, 0.15) is 5.56 Å². The maximum Gasteiger partial charge on any atom is 0.231 e. The van der Waals surface area contributed by atoms with Crippen LogP contribution in [-0.4, -0.2) is 24.3 Å². The molecule has 0 amide bonds. The van der Waals surface area contributed by atoms with Crippen molar-refractivity contribution in [3.05, 3.63) is 35.9 Å². The van der Waals surface area contributed by atoms with Crippen LogP contribution in [0.5, 0.6) is 0 Å². The molecule has 0 fully saturated rings. The molecule has 0 heterocycles. The van der Waals surface area contributed by atoms with Gasteiger partial charge in [0.05, 0.1) is 0 Å². The van der Waals surface area contributed by atoms with Crippen LogP contribution >= 0.6 is 0 Å². The normalized spacial score (nSPS) is 4.89. The highest BCUT2D eigenvalue weighted by Gasteiger charge is 1.72. The maximum absolute atomic E-state index is 8.35. The number of nitrogens with one attached hydrogen (secondary N) is 4. The second-order valence-electron chi connectivity index (χ2n) is 2.06. The molecular formula is C11H12N4O4. The van der Waals surface area contributed by atoms with Crippen LogP contribution in [0.25, 0.3) is 0 Å². The Labute approximate surface area is 109 Å². The van der Waals surface area contributed by atoms with E-state index >= 15 is 0 Å². The Hall–Kier alpha value is -3.26. The van der Waals surface area contributed by atoms with Crippen molar-refractivity contribution in [1.29, 1.82) is 21.6 Å². The van der Waals surface area contributed by atoms with Crippen molar-refractivity contribution >= 4 is 24.3 Å². The Bertz CT molecular complexity index is 373. The lowest BCUT2D eigenvalue weighted by molar-refractivity contribution is 0.562. The molecule has 1 rings (SSSR count). The number of carbonyl (C=O) groups excluding carboxylic acids is 4. The molecule has 0 atom stereocenters. The highest BCUT2D eigenvalue weighted by molar-refractivity contribution is 5.26. The first-order chi connectivity index (χ1) is 9.05. The Morgan fingerprint density at radius 1 is 0.684 bits per heavy atom. The van der Waals surface area contributed by atoms with Crippen LogP contribution in [0.15, 0.2) is 30.3 Å². The molecule has 0 saturated carbocycles. The van der Waals surface area contributed by atoms with E-state index in [1.54, 1.807) is 0 Å². The first-order valence-electron chi connectivity index (χ1n) is 4.23. The van der Waals surface area contributed by atoms with Crippen molar-refractivity contribution in [2.45, 2.75) is 6.92 Å². The Kier molecular flexibility index (Phi) is 47.6. The minimum absolute atomic E-state index is 0.750. The van der Waals surface area contributed by atoms with E-state index in [4.69, 9.17) is 40.8 Å². The predicted molar refractivity (Wildman–Crippen MR) is 64.8 cm³/mol. The summed E-state index contributed by atoms with van der Waals surface area (Å²) in [6.07, 6.45) is 3.00. The lowest BCUT2D eigenvalue weighted by atomic mass is 10.2. The highest BCUT2D eigenvalue weighted by Crippen LogP contribution is 1.92. The van der Waals surface area contributed by atoms with Crippen molar-refractivity contribution < 1.29 is 19.2 Å². The minimum Gasteiger partial charge on any atom is -0.222 e. The lowest BCUT2D eigenvalue weighted by Gasteiger charge is -1.82. The molecule has 0 saturated heterocycles. The maximum atomic E-state index is 8.35. The van der Waals surface area contributed by atoms with Crippen LogP contribution < -0.4 is 0 Å². The van der Waals surface area contributed by atoms with Crippen LogP contribution in [0, 0.1) is 28.6 Å². The van der Waals surface area contributed by atoms with Crippen molar-refractivity contribution in [3.63, 3.8) is 0 Å². The van der Waals surface area contributed by atoms with Gasteiger partial charge in [-0.1, -0.05) is 35.9 Å². The predicted octanol–water partition coefficient (Wildman–Crippen LogP) is 1.60. The monoisotopic (exact) mass is 264 g/mol. The molecule has 0 bridgehead atoms. The van der Waals surface area contributed by atoms with Gasteiger partial charge in [0.15, 0.2) is 0 Å². The van der Waals surface area contributed by atoms with Gasteiger partial charge in [-0.3, -0.25) is 0 Å². The van der Waals surface area contributed by atoms with E-state index in [1.807, 2.05) is 18.2 Å². The molecule has 4 N–H and O–H groups in total. The average molecular weight is 264 g/mol. The molecule has 8 heteroatoms. The molecule has 0 aromatic heterocycles. The molecule has 1 aromatic carbocycles. The van der Waals surface area contributed by atoms with Crippen LogP contribution in [-0.2, 0) is 19.2 Å². The summed E-state index contributed by atoms with van der Waals surface area (Å²) in [5, 5.41) is 21.6. The first-order valence-corrected chi connectivity index (χ1v) is 4.23. The summed E-state index contributed by atoms with van der Waals surface area (Å²) >= 11 is 0. The molecule has 19 heavy (non-hydrogen) atoms. The quantitative estimate of drug-likeness (QED) is 0.413. The standard InChI is InChI=1S/C7H8.4CHNO/c1-7-5-3-2-4-6-7;4*2-1-3/h2-6H,1H3;4*2H. The Morgan fingerprint density at radius 2 is 0.895 bits per heavy atom. The average Bonchev–Trinajstić information content (AvgIpc) is 2.34. The van der Waals surface area contributed by atoms with Crippen molar-refractivity contribution in [2.75, 3.05) is 0 Å². The largest absolute Gasteiger partial charge is 0.231 e. The summed E-state index contributed by atoms with van der Waals surface area (Å²) in [7, 11) is 0. The third-order valence-electron chi connectivity index (χ3n) is 0.940. The first kappa shape index (κ1) is 24.8. The van der Waals surface area contributed by atoms with Crippen LogP contribution in [0.2, 0.25) is 0 Å². The third kappa shape index (κ3) is 106. The minimum atomic E-state index is 0.750. The number of hydrogen-bond donors (Lipinski definition) is 4. The fraction of sp³-hybridized carbons (Fsp3) is 0.0909. The third-order valence-corrected chi connectivity index (χ3v) is 0.940. The smallest absolute Gasteiger partial charge is 0.222 e. The van der Waals surface area contributed by atoms with E-state index in [2.05, 4.69) is 19.1 Å². The van der Waals surface area contributed by atoms with Crippen molar-refractivity contribution in [3.8, 4) is 0 Å². The van der Waals surface area contributed by atoms with Crippen LogP contribution in [0.4, 0.5) is 0 Å². The number of isocyanates is 4. The summed E-state index contributed by atoms with van der Waals surface area (Å²) in [6, 6.07) is 10.3. The summed E-state index contributed by atoms with van der Waals surface area (Å²) < 4.78 is 0. The zero-order chi connectivity index (χ0) is 15.9. The van der Waals surface area contributed by atoms with Gasteiger partial charge < -0.3 is 0 Å². The van der Waals surface area contributed by atoms with Gasteiger partial charge in [-0.05, 0) is 6.92 Å². The molecule has 0 spiro atoms. The van der Waals surface area contributed by atoms with Gasteiger partial charge in [0, 0.05) is 0 Å². The van der Waals surface area contributed by atoms with Crippen molar-refractivity contribution in [1.82, 2.24) is 0 Å². The molecule has 0 aliphatic carbocycles. The fourth-order valence-electron chi connectivity index (χ4n) is 0.534. The lowest BCUT2D eigenvalue weighted by Crippen LogP contribution is -1.62. The van der Waals surface area contributed by atoms with E-state index in [0.717, 1.165) is 24.3 Å². The van der Waals surface area contributed by atoms with E-state index in [9.17, 15) is 0 Å². The molecule has 8 nitrogen and oxygen atoms in total. The Morgan fingerprint density at radius 3 is 1.00 bits per heavy atom. The molecule has 0 unspecified atom stereocenters. The number of hydrogen-bond acceptors (Lipinski definition) is 8. The summed E-state index contributed by atoms with van der Waals surface area (Å²) in [4.78, 5) is 33.4. The van der Waals surface area contributed by atoms with E-state index < -0.39 is 0 Å². The van der Waals surface area contributed by atoms with Gasteiger partial charge in [0.25, 0.3) is 0 Å². The second kappa shape index (κ2) is 36.4. The molecular weight excluding hydrogens is 252 g/mol. The van der Waals surface area contributed by atoms with Gasteiger partial charge in [-0.25, -0.2) is 40.8 Å². The van der Waals surface area contributed by atoms with Gasteiger partial charge in [-0.15, -0.1) is 0 Å². The zero-order valence-electron chi connectivity index (χ0n) is 10.0. The van der Waals surface area contributed by atoms with E-state index in [1.165, 1.54) is 5.56 Å². The Balaban J connectivity index is -0.0000000812. The molecule has 0 aliphatic rings. The molecule has 1 aromatic rings. The summed E-state index contributed by atoms with van der Waals surface area (Å²) in [6.45, 7) is 2.08. The second-order valence-corrected chi connectivity index (χ2v) is 2.06. The van der Waals surface area contributed by atoms with E-state index in [-0.39, 0.29) is 0 Å². The van der Waals surface area contributed by atoms with E-state index in [0.29, 0.717) is 0 Å². The SMILES string of the molecule is Cc1ccccc1.N=C=O.N=C=O.N=C=O.N=C=O. The molecule has 100 valence electrons. The molecule has 0 radical (unpaired) electrons. The van der Waals surface area contributed by atoms with Gasteiger partial charge in [0.2, 0.25) is 24.3 Å².